The van der Waals surface area contributed by atoms with Crippen molar-refractivity contribution in [3.05, 3.63) is 41.9 Å². The normalized spacial score (nSPS) is 23.0. The Morgan fingerprint density at radius 1 is 1.17 bits per heavy atom. The summed E-state index contributed by atoms with van der Waals surface area (Å²) in [6, 6.07) is 5.25. The van der Waals surface area contributed by atoms with E-state index in [9.17, 15) is 18.0 Å². The molecular formula is C20H21F3N4O2. The number of amides is 1. The van der Waals surface area contributed by atoms with Gasteiger partial charge in [-0.05, 0) is 50.8 Å². The van der Waals surface area contributed by atoms with Gasteiger partial charge in [0, 0.05) is 18.2 Å². The molecule has 9 heteroatoms. The van der Waals surface area contributed by atoms with Crippen LogP contribution in [0.1, 0.15) is 49.8 Å². The largest absolute Gasteiger partial charge is 0.463 e. The zero-order valence-electron chi connectivity index (χ0n) is 16.3. The summed E-state index contributed by atoms with van der Waals surface area (Å²) in [5, 5.41) is 3.98. The van der Waals surface area contributed by atoms with E-state index in [1.165, 1.54) is 18.4 Å². The first-order chi connectivity index (χ1) is 13.6. The van der Waals surface area contributed by atoms with Gasteiger partial charge < -0.3 is 9.32 Å². The van der Waals surface area contributed by atoms with Crippen molar-refractivity contribution in [3.8, 4) is 11.5 Å². The number of hydrogen-bond acceptors (Lipinski definition) is 4. The number of aromatic nitrogens is 3. The average Bonchev–Trinajstić information content (AvgIpc) is 3.28. The van der Waals surface area contributed by atoms with Crippen LogP contribution in [0, 0.1) is 5.92 Å². The molecule has 1 aliphatic rings. The highest BCUT2D eigenvalue weighted by molar-refractivity contribution is 5.94. The van der Waals surface area contributed by atoms with Crippen LogP contribution in [0.3, 0.4) is 0 Å². The number of fused-ring (bicyclic) bond motifs is 1. The molecule has 1 unspecified atom stereocenters. The van der Waals surface area contributed by atoms with Crippen LogP contribution in [0.5, 0.6) is 0 Å². The van der Waals surface area contributed by atoms with Gasteiger partial charge in [-0.3, -0.25) is 4.79 Å². The molecule has 1 aliphatic heterocycles. The smallest absolute Gasteiger partial charge is 0.433 e. The summed E-state index contributed by atoms with van der Waals surface area (Å²) in [4.78, 5) is 19.0. The van der Waals surface area contributed by atoms with E-state index >= 15 is 0 Å². The Morgan fingerprint density at radius 3 is 2.45 bits per heavy atom. The van der Waals surface area contributed by atoms with E-state index in [1.807, 2.05) is 13.8 Å². The van der Waals surface area contributed by atoms with Gasteiger partial charge in [0.2, 0.25) is 0 Å². The molecule has 1 amide bonds. The standard InChI is InChI=1S/C20H21F3N4O2/c1-11-7-12(2)26(13(3)8-11)19(28)15-10-18-24-14(16-5-4-6-29-16)9-17(20(21,22)23)27(18)25-15/h4-6,9-13H,7-8H2,1-3H3/t11?,12-,13+. The minimum absolute atomic E-state index is 0.0141. The summed E-state index contributed by atoms with van der Waals surface area (Å²) in [5.74, 6) is 0.314. The molecule has 1 saturated heterocycles. The summed E-state index contributed by atoms with van der Waals surface area (Å²) in [6.07, 6.45) is -1.62. The van der Waals surface area contributed by atoms with Crippen LogP contribution in [0.15, 0.2) is 34.9 Å². The maximum atomic E-state index is 13.7. The minimum Gasteiger partial charge on any atom is -0.463 e. The number of carbonyl (C=O) groups is 1. The van der Waals surface area contributed by atoms with Gasteiger partial charge in [-0.2, -0.15) is 18.3 Å². The fourth-order valence-electron chi connectivity index (χ4n) is 4.29. The van der Waals surface area contributed by atoms with E-state index in [4.69, 9.17) is 4.42 Å². The third-order valence-corrected chi connectivity index (χ3v) is 5.38. The SMILES string of the molecule is CC1C[C@@H](C)N(C(=O)c2cc3nc(-c4ccco4)cc(C(F)(F)F)n3n2)[C@@H](C)C1. The Labute approximate surface area is 165 Å². The Morgan fingerprint density at radius 2 is 1.86 bits per heavy atom. The first kappa shape index (κ1) is 19.5. The number of furan rings is 1. The van der Waals surface area contributed by atoms with Gasteiger partial charge >= 0.3 is 6.18 Å². The number of piperidine rings is 1. The summed E-state index contributed by atoms with van der Waals surface area (Å²) in [6.45, 7) is 6.04. The van der Waals surface area contributed by atoms with E-state index in [2.05, 4.69) is 17.0 Å². The van der Waals surface area contributed by atoms with Gasteiger partial charge in [-0.15, -0.1) is 0 Å². The van der Waals surface area contributed by atoms with Gasteiger partial charge in [0.15, 0.2) is 22.8 Å². The summed E-state index contributed by atoms with van der Waals surface area (Å²) < 4.78 is 46.8. The number of hydrogen-bond donors (Lipinski definition) is 0. The first-order valence-electron chi connectivity index (χ1n) is 9.49. The average molecular weight is 406 g/mol. The predicted molar refractivity (Wildman–Crippen MR) is 99.2 cm³/mol. The minimum atomic E-state index is -4.67. The second-order valence-corrected chi connectivity index (χ2v) is 7.79. The van der Waals surface area contributed by atoms with Crippen LogP contribution in [-0.2, 0) is 6.18 Å². The van der Waals surface area contributed by atoms with Crippen LogP contribution < -0.4 is 0 Å². The zero-order valence-corrected chi connectivity index (χ0v) is 16.3. The number of likely N-dealkylation sites (tertiary alicyclic amines) is 1. The summed E-state index contributed by atoms with van der Waals surface area (Å²) in [5.41, 5.74) is -1.09. The molecule has 6 nitrogen and oxygen atoms in total. The van der Waals surface area contributed by atoms with Gasteiger partial charge in [-0.1, -0.05) is 6.92 Å². The van der Waals surface area contributed by atoms with Crippen LogP contribution in [0.4, 0.5) is 13.2 Å². The summed E-state index contributed by atoms with van der Waals surface area (Å²) in [7, 11) is 0. The van der Waals surface area contributed by atoms with Gasteiger partial charge in [0.1, 0.15) is 5.69 Å². The lowest BCUT2D eigenvalue weighted by molar-refractivity contribution is -0.142. The van der Waals surface area contributed by atoms with E-state index < -0.39 is 11.9 Å². The molecule has 4 rings (SSSR count). The number of rotatable bonds is 2. The number of alkyl halides is 3. The molecule has 0 saturated carbocycles. The monoisotopic (exact) mass is 406 g/mol. The zero-order chi connectivity index (χ0) is 20.9. The Bertz CT molecular complexity index is 1030. The van der Waals surface area contributed by atoms with Crippen LogP contribution in [-0.4, -0.2) is 37.5 Å². The van der Waals surface area contributed by atoms with Gasteiger partial charge in [0.25, 0.3) is 5.91 Å². The second-order valence-electron chi connectivity index (χ2n) is 7.79. The predicted octanol–water partition coefficient (Wildman–Crippen LogP) is 4.66. The van der Waals surface area contributed by atoms with Crippen molar-refractivity contribution in [2.45, 2.75) is 51.9 Å². The molecule has 0 radical (unpaired) electrons. The lowest BCUT2D eigenvalue weighted by atomic mass is 9.88. The third kappa shape index (κ3) is 3.49. The summed E-state index contributed by atoms with van der Waals surface area (Å²) >= 11 is 0. The molecule has 0 bridgehead atoms. The van der Waals surface area contributed by atoms with Crippen molar-refractivity contribution in [2.75, 3.05) is 0 Å². The number of nitrogens with zero attached hydrogens (tertiary/aromatic N) is 4. The fraction of sp³-hybridized carbons (Fsp3) is 0.450. The molecule has 0 N–H and O–H groups in total. The second kappa shape index (κ2) is 6.89. The Kier molecular flexibility index (Phi) is 4.63. The van der Waals surface area contributed by atoms with Crippen molar-refractivity contribution in [1.29, 1.82) is 0 Å². The lowest BCUT2D eigenvalue weighted by Crippen LogP contribution is -2.49. The van der Waals surface area contributed by atoms with Crippen LogP contribution >= 0.6 is 0 Å². The molecule has 4 heterocycles. The third-order valence-electron chi connectivity index (χ3n) is 5.38. The van der Waals surface area contributed by atoms with E-state index in [1.54, 1.807) is 11.0 Å². The van der Waals surface area contributed by atoms with Crippen molar-refractivity contribution >= 4 is 11.6 Å². The fourth-order valence-corrected chi connectivity index (χ4v) is 4.29. The quantitative estimate of drug-likeness (QED) is 0.621. The highest BCUT2D eigenvalue weighted by Crippen LogP contribution is 2.33. The van der Waals surface area contributed by atoms with E-state index in [0.717, 1.165) is 18.9 Å². The van der Waals surface area contributed by atoms with Gasteiger partial charge in [-0.25, -0.2) is 9.50 Å². The number of carbonyl (C=O) groups excluding carboxylic acids is 1. The van der Waals surface area contributed by atoms with Gasteiger partial charge in [0.05, 0.1) is 6.26 Å². The van der Waals surface area contributed by atoms with E-state index in [0.29, 0.717) is 10.4 Å². The van der Waals surface area contributed by atoms with Crippen molar-refractivity contribution in [3.63, 3.8) is 0 Å². The maximum absolute atomic E-state index is 13.7. The highest BCUT2D eigenvalue weighted by atomic mass is 19.4. The molecule has 154 valence electrons. The van der Waals surface area contributed by atoms with Crippen LogP contribution in [0.2, 0.25) is 0 Å². The highest BCUT2D eigenvalue weighted by Gasteiger charge is 2.37. The molecule has 3 aromatic rings. The molecule has 3 aromatic heterocycles. The Balaban J connectivity index is 1.80. The Hall–Kier alpha value is -2.84. The molecule has 1 fully saturated rings. The topological polar surface area (TPSA) is 63.6 Å². The van der Waals surface area contributed by atoms with E-state index in [-0.39, 0.29) is 40.8 Å². The molecule has 29 heavy (non-hydrogen) atoms. The maximum Gasteiger partial charge on any atom is 0.433 e. The van der Waals surface area contributed by atoms with Crippen molar-refractivity contribution in [1.82, 2.24) is 19.5 Å². The molecular weight excluding hydrogens is 385 g/mol. The lowest BCUT2D eigenvalue weighted by Gasteiger charge is -2.41. The van der Waals surface area contributed by atoms with Crippen molar-refractivity contribution in [2.24, 2.45) is 5.92 Å². The number of halogens is 3. The molecule has 0 aromatic carbocycles. The first-order valence-corrected chi connectivity index (χ1v) is 9.49. The molecule has 0 spiro atoms. The molecule has 3 atom stereocenters. The molecule has 0 aliphatic carbocycles. The van der Waals surface area contributed by atoms with Crippen LogP contribution in [0.25, 0.3) is 17.1 Å². The van der Waals surface area contributed by atoms with Crippen molar-refractivity contribution < 1.29 is 22.4 Å².